The quantitative estimate of drug-likeness (QED) is 0.736. The molecule has 0 aliphatic heterocycles. The molecule has 0 saturated carbocycles. The number of benzene rings is 1. The molecule has 0 aliphatic rings. The van der Waals surface area contributed by atoms with Crippen LogP contribution in [0.4, 0.5) is 0 Å². The van der Waals surface area contributed by atoms with Gasteiger partial charge in [-0.2, -0.15) is 0 Å². The molecule has 0 bridgehead atoms. The van der Waals surface area contributed by atoms with Crippen molar-refractivity contribution in [3.8, 4) is 0 Å². The van der Waals surface area contributed by atoms with Gasteiger partial charge in [-0.15, -0.1) is 0 Å². The largest absolute Gasteiger partial charge is 0.366 e. The van der Waals surface area contributed by atoms with Crippen molar-refractivity contribution in [2.75, 3.05) is 0 Å². The van der Waals surface area contributed by atoms with E-state index < -0.39 is 5.91 Å². The van der Waals surface area contributed by atoms with E-state index in [-0.39, 0.29) is 0 Å². The number of primary amides is 1. The molecule has 1 aromatic carbocycles. The van der Waals surface area contributed by atoms with Crippen molar-refractivity contribution in [1.82, 2.24) is 4.98 Å². The Hall–Kier alpha value is -1.90. The summed E-state index contributed by atoms with van der Waals surface area (Å²) in [5, 5.41) is 1.84. The fourth-order valence-electron chi connectivity index (χ4n) is 1.56. The number of nitrogens with zero attached hydrogens (tertiary/aromatic N) is 1. The van der Waals surface area contributed by atoms with Gasteiger partial charge in [0, 0.05) is 23.3 Å². The van der Waals surface area contributed by atoms with Gasteiger partial charge in [0.25, 0.3) is 0 Å². The lowest BCUT2D eigenvalue weighted by atomic mass is 10.0. The molecule has 1 aromatic heterocycles. The second-order valence-electron chi connectivity index (χ2n) is 3.22. The lowest BCUT2D eigenvalue weighted by Gasteiger charge is -2.04. The SMILES string of the molecule is Cc1ccc(C(N)=O)c2cnccc12. The summed E-state index contributed by atoms with van der Waals surface area (Å²) in [6, 6.07) is 5.52. The molecule has 3 nitrogen and oxygen atoms in total. The minimum Gasteiger partial charge on any atom is -0.366 e. The molecular weight excluding hydrogens is 176 g/mol. The first-order valence-electron chi connectivity index (χ1n) is 4.33. The van der Waals surface area contributed by atoms with Crippen LogP contribution in [0.2, 0.25) is 0 Å². The summed E-state index contributed by atoms with van der Waals surface area (Å²) < 4.78 is 0. The summed E-state index contributed by atoms with van der Waals surface area (Å²) in [4.78, 5) is 15.1. The molecule has 14 heavy (non-hydrogen) atoms. The number of hydrogen-bond donors (Lipinski definition) is 1. The van der Waals surface area contributed by atoms with Crippen molar-refractivity contribution < 1.29 is 4.79 Å². The van der Waals surface area contributed by atoms with Gasteiger partial charge >= 0.3 is 0 Å². The molecule has 1 amide bonds. The molecule has 0 aliphatic carbocycles. The summed E-state index contributed by atoms with van der Waals surface area (Å²) in [6.07, 6.45) is 3.38. The summed E-state index contributed by atoms with van der Waals surface area (Å²) in [5.74, 6) is -0.414. The molecule has 0 saturated heterocycles. The predicted molar refractivity (Wildman–Crippen MR) is 55.0 cm³/mol. The highest BCUT2D eigenvalue weighted by Gasteiger charge is 2.07. The molecule has 3 heteroatoms. The third kappa shape index (κ3) is 1.23. The summed E-state index contributed by atoms with van der Waals surface area (Å²) in [5.41, 5.74) is 6.91. The number of pyridine rings is 1. The molecule has 1 heterocycles. The molecule has 0 unspecified atom stereocenters. The highest BCUT2D eigenvalue weighted by atomic mass is 16.1. The molecule has 2 aromatic rings. The first kappa shape index (κ1) is 8.69. The Morgan fingerprint density at radius 2 is 2.07 bits per heavy atom. The Bertz CT molecular complexity index is 506. The van der Waals surface area contributed by atoms with Gasteiger partial charge in [-0.05, 0) is 30.0 Å². The molecular formula is C11H10N2O. The van der Waals surface area contributed by atoms with Gasteiger partial charge in [0.1, 0.15) is 0 Å². The van der Waals surface area contributed by atoms with Crippen LogP contribution in [0, 0.1) is 6.92 Å². The van der Waals surface area contributed by atoms with Gasteiger partial charge in [-0.1, -0.05) is 6.07 Å². The number of rotatable bonds is 1. The van der Waals surface area contributed by atoms with E-state index in [0.29, 0.717) is 5.56 Å². The summed E-state index contributed by atoms with van der Waals surface area (Å²) in [6.45, 7) is 1.99. The molecule has 0 fully saturated rings. The molecule has 0 radical (unpaired) electrons. The third-order valence-electron chi connectivity index (χ3n) is 2.30. The molecule has 2 rings (SSSR count). The van der Waals surface area contributed by atoms with E-state index in [9.17, 15) is 4.79 Å². The van der Waals surface area contributed by atoms with E-state index in [4.69, 9.17) is 5.73 Å². The van der Waals surface area contributed by atoms with Crippen LogP contribution < -0.4 is 5.73 Å². The normalized spacial score (nSPS) is 10.4. The minimum atomic E-state index is -0.414. The summed E-state index contributed by atoms with van der Waals surface area (Å²) in [7, 11) is 0. The first-order valence-corrected chi connectivity index (χ1v) is 4.33. The molecule has 0 spiro atoms. The van der Waals surface area contributed by atoms with Crippen molar-refractivity contribution in [2.45, 2.75) is 6.92 Å². The Balaban J connectivity index is 2.88. The monoisotopic (exact) mass is 186 g/mol. The van der Waals surface area contributed by atoms with Crippen LogP contribution >= 0.6 is 0 Å². The number of amides is 1. The number of carbonyl (C=O) groups excluding carboxylic acids is 1. The predicted octanol–water partition coefficient (Wildman–Crippen LogP) is 1.64. The Morgan fingerprint density at radius 3 is 2.79 bits per heavy atom. The van der Waals surface area contributed by atoms with Gasteiger partial charge in [0.05, 0.1) is 0 Å². The molecule has 70 valence electrons. The number of fused-ring (bicyclic) bond motifs is 1. The maximum atomic E-state index is 11.1. The van der Waals surface area contributed by atoms with Gasteiger partial charge < -0.3 is 5.73 Å². The fraction of sp³-hybridized carbons (Fsp3) is 0.0909. The maximum Gasteiger partial charge on any atom is 0.249 e. The number of hydrogen-bond acceptors (Lipinski definition) is 2. The molecule has 0 atom stereocenters. The molecule has 2 N–H and O–H groups in total. The van der Waals surface area contributed by atoms with Crippen LogP contribution in [0.5, 0.6) is 0 Å². The lowest BCUT2D eigenvalue weighted by Crippen LogP contribution is -2.11. The van der Waals surface area contributed by atoms with Crippen LogP contribution in [0.15, 0.2) is 30.6 Å². The smallest absolute Gasteiger partial charge is 0.249 e. The van der Waals surface area contributed by atoms with Crippen LogP contribution in [-0.4, -0.2) is 10.9 Å². The first-order chi connectivity index (χ1) is 6.70. The van der Waals surface area contributed by atoms with Gasteiger partial charge in [-0.3, -0.25) is 9.78 Å². The standard InChI is InChI=1S/C11H10N2O/c1-7-2-3-9(11(12)14)10-6-13-5-4-8(7)10/h2-6H,1H3,(H2,12,14). The van der Waals surface area contributed by atoms with E-state index in [1.54, 1.807) is 18.5 Å². The van der Waals surface area contributed by atoms with E-state index >= 15 is 0 Å². The van der Waals surface area contributed by atoms with Crippen molar-refractivity contribution >= 4 is 16.7 Å². The second-order valence-corrected chi connectivity index (χ2v) is 3.22. The van der Waals surface area contributed by atoms with Crippen molar-refractivity contribution in [2.24, 2.45) is 5.73 Å². The van der Waals surface area contributed by atoms with Gasteiger partial charge in [0.2, 0.25) is 5.91 Å². The highest BCUT2D eigenvalue weighted by Crippen LogP contribution is 2.20. The second kappa shape index (κ2) is 3.10. The maximum absolute atomic E-state index is 11.1. The third-order valence-corrected chi connectivity index (χ3v) is 2.30. The zero-order valence-corrected chi connectivity index (χ0v) is 7.82. The zero-order chi connectivity index (χ0) is 10.1. The Labute approximate surface area is 81.6 Å². The zero-order valence-electron chi connectivity index (χ0n) is 7.82. The minimum absolute atomic E-state index is 0.414. The Kier molecular flexibility index (Phi) is 1.93. The average Bonchev–Trinajstić information content (AvgIpc) is 2.18. The van der Waals surface area contributed by atoms with Crippen molar-refractivity contribution in [3.05, 3.63) is 41.7 Å². The number of nitrogens with two attached hydrogens (primary N) is 1. The van der Waals surface area contributed by atoms with Crippen molar-refractivity contribution in [3.63, 3.8) is 0 Å². The number of carbonyl (C=O) groups is 1. The van der Waals surface area contributed by atoms with Crippen molar-refractivity contribution in [1.29, 1.82) is 0 Å². The van der Waals surface area contributed by atoms with E-state index in [1.165, 1.54) is 0 Å². The van der Waals surface area contributed by atoms with E-state index in [0.717, 1.165) is 16.3 Å². The van der Waals surface area contributed by atoms with Crippen LogP contribution in [-0.2, 0) is 0 Å². The average molecular weight is 186 g/mol. The van der Waals surface area contributed by atoms with Gasteiger partial charge in [-0.25, -0.2) is 0 Å². The van der Waals surface area contributed by atoms with Crippen LogP contribution in [0.3, 0.4) is 0 Å². The van der Waals surface area contributed by atoms with Crippen LogP contribution in [0.25, 0.3) is 10.8 Å². The van der Waals surface area contributed by atoms with E-state index in [1.807, 2.05) is 19.1 Å². The fourth-order valence-corrected chi connectivity index (χ4v) is 1.56. The highest BCUT2D eigenvalue weighted by molar-refractivity contribution is 6.06. The van der Waals surface area contributed by atoms with Gasteiger partial charge in [0.15, 0.2) is 0 Å². The van der Waals surface area contributed by atoms with E-state index in [2.05, 4.69) is 4.98 Å². The Morgan fingerprint density at radius 1 is 1.29 bits per heavy atom. The topological polar surface area (TPSA) is 56.0 Å². The lowest BCUT2D eigenvalue weighted by molar-refractivity contribution is 0.100. The summed E-state index contributed by atoms with van der Waals surface area (Å²) >= 11 is 0. The number of aromatic nitrogens is 1. The van der Waals surface area contributed by atoms with Crippen LogP contribution in [0.1, 0.15) is 15.9 Å². The number of aryl methyl sites for hydroxylation is 1.